The molecule has 0 unspecified atom stereocenters. The van der Waals surface area contributed by atoms with Crippen molar-refractivity contribution in [2.45, 2.75) is 13.3 Å². The lowest BCUT2D eigenvalue weighted by Gasteiger charge is -2.21. The second-order valence-corrected chi connectivity index (χ2v) is 3.63. The summed E-state index contributed by atoms with van der Waals surface area (Å²) in [6, 6.07) is 9.91. The van der Waals surface area contributed by atoms with E-state index in [1.54, 1.807) is 0 Å². The molecule has 4 nitrogen and oxygen atoms in total. The number of nitrogens with zero attached hydrogens (tertiary/aromatic N) is 2. The average Bonchev–Trinajstić information content (AvgIpc) is 2.24. The average molecular weight is 217 g/mol. The normalized spacial score (nSPS) is 9.50. The van der Waals surface area contributed by atoms with Gasteiger partial charge in [0.25, 0.3) is 0 Å². The van der Waals surface area contributed by atoms with Crippen LogP contribution in [0.4, 0.5) is 5.69 Å². The number of carbonyl (C=O) groups excluding carboxylic acids is 1. The van der Waals surface area contributed by atoms with Crippen LogP contribution in [0, 0.1) is 18.3 Å². The minimum atomic E-state index is -0.351. The Morgan fingerprint density at radius 3 is 2.88 bits per heavy atom. The van der Waals surface area contributed by atoms with Crippen LogP contribution in [0.25, 0.3) is 0 Å². The van der Waals surface area contributed by atoms with E-state index in [1.165, 1.54) is 0 Å². The standard InChI is InChI=1S/C12H15N3O/c1-10-3-2-4-11(9-10)15(8-6-13)7-5-12(14)16/h2-4,9H,5,7-8H2,1H3,(H2,14,16). The monoisotopic (exact) mass is 217 g/mol. The number of benzene rings is 1. The Morgan fingerprint density at radius 2 is 2.31 bits per heavy atom. The molecule has 0 fully saturated rings. The molecule has 0 heterocycles. The Balaban J connectivity index is 2.77. The molecule has 0 atom stereocenters. The number of anilines is 1. The number of amides is 1. The largest absolute Gasteiger partial charge is 0.370 e. The van der Waals surface area contributed by atoms with Gasteiger partial charge in [-0.25, -0.2) is 0 Å². The number of hydrogen-bond acceptors (Lipinski definition) is 3. The molecule has 16 heavy (non-hydrogen) atoms. The van der Waals surface area contributed by atoms with Crippen molar-refractivity contribution in [3.05, 3.63) is 29.8 Å². The first-order chi connectivity index (χ1) is 7.63. The Morgan fingerprint density at radius 1 is 1.56 bits per heavy atom. The number of rotatable bonds is 5. The Labute approximate surface area is 95.3 Å². The smallest absolute Gasteiger partial charge is 0.219 e. The van der Waals surface area contributed by atoms with Crippen LogP contribution in [-0.2, 0) is 4.79 Å². The molecule has 0 saturated heterocycles. The molecule has 1 aromatic carbocycles. The number of primary amides is 1. The van der Waals surface area contributed by atoms with Crippen LogP contribution in [0.5, 0.6) is 0 Å². The van der Waals surface area contributed by atoms with E-state index in [0.717, 1.165) is 11.3 Å². The summed E-state index contributed by atoms with van der Waals surface area (Å²) in [4.78, 5) is 12.6. The number of nitrogens with two attached hydrogens (primary N) is 1. The quantitative estimate of drug-likeness (QED) is 0.753. The third-order valence-corrected chi connectivity index (χ3v) is 2.26. The predicted octanol–water partition coefficient (Wildman–Crippen LogP) is 1.20. The van der Waals surface area contributed by atoms with Crippen molar-refractivity contribution < 1.29 is 4.79 Å². The van der Waals surface area contributed by atoms with Gasteiger partial charge in [0.1, 0.15) is 6.54 Å². The van der Waals surface area contributed by atoms with Gasteiger partial charge < -0.3 is 10.6 Å². The van der Waals surface area contributed by atoms with E-state index in [-0.39, 0.29) is 18.9 Å². The van der Waals surface area contributed by atoms with Crippen molar-refractivity contribution >= 4 is 11.6 Å². The van der Waals surface area contributed by atoms with Crippen LogP contribution in [-0.4, -0.2) is 19.0 Å². The van der Waals surface area contributed by atoms with E-state index in [1.807, 2.05) is 36.1 Å². The molecule has 2 N–H and O–H groups in total. The number of hydrogen-bond donors (Lipinski definition) is 1. The van der Waals surface area contributed by atoms with Gasteiger partial charge in [-0.2, -0.15) is 5.26 Å². The van der Waals surface area contributed by atoms with Crippen LogP contribution < -0.4 is 10.6 Å². The summed E-state index contributed by atoms with van der Waals surface area (Å²) in [6.45, 7) is 2.73. The molecule has 0 bridgehead atoms. The van der Waals surface area contributed by atoms with Crippen LogP contribution >= 0.6 is 0 Å². The zero-order chi connectivity index (χ0) is 12.0. The van der Waals surface area contributed by atoms with E-state index >= 15 is 0 Å². The third-order valence-electron chi connectivity index (χ3n) is 2.26. The molecule has 0 aliphatic heterocycles. The van der Waals surface area contributed by atoms with Crippen molar-refractivity contribution in [1.29, 1.82) is 5.26 Å². The van der Waals surface area contributed by atoms with Gasteiger partial charge in [-0.1, -0.05) is 12.1 Å². The Hall–Kier alpha value is -2.02. The third kappa shape index (κ3) is 3.62. The Kier molecular flexibility index (Phi) is 4.34. The van der Waals surface area contributed by atoms with Gasteiger partial charge in [-0.15, -0.1) is 0 Å². The minimum absolute atomic E-state index is 0.260. The van der Waals surface area contributed by atoms with Crippen LogP contribution in [0.15, 0.2) is 24.3 Å². The Bertz CT molecular complexity index is 409. The molecule has 0 aliphatic carbocycles. The lowest BCUT2D eigenvalue weighted by Crippen LogP contribution is -2.28. The van der Waals surface area contributed by atoms with E-state index in [2.05, 4.69) is 6.07 Å². The van der Waals surface area contributed by atoms with Gasteiger partial charge in [-0.05, 0) is 24.6 Å². The summed E-state index contributed by atoms with van der Waals surface area (Å²) in [7, 11) is 0. The summed E-state index contributed by atoms with van der Waals surface area (Å²) in [5, 5.41) is 8.72. The topological polar surface area (TPSA) is 70.1 Å². The fourth-order valence-corrected chi connectivity index (χ4v) is 1.45. The maximum atomic E-state index is 10.7. The summed E-state index contributed by atoms with van der Waals surface area (Å²) >= 11 is 0. The first kappa shape index (κ1) is 12.1. The molecule has 0 spiro atoms. The molecule has 0 saturated carbocycles. The summed E-state index contributed by atoms with van der Waals surface area (Å²) in [5.41, 5.74) is 7.17. The highest BCUT2D eigenvalue weighted by molar-refractivity contribution is 5.74. The number of nitriles is 1. The van der Waals surface area contributed by atoms with Crippen molar-refractivity contribution in [2.75, 3.05) is 18.0 Å². The molecule has 4 heteroatoms. The zero-order valence-corrected chi connectivity index (χ0v) is 9.31. The molecule has 0 aromatic heterocycles. The lowest BCUT2D eigenvalue weighted by atomic mass is 10.2. The molecule has 1 amide bonds. The molecule has 0 radical (unpaired) electrons. The van der Waals surface area contributed by atoms with Gasteiger partial charge >= 0.3 is 0 Å². The molecular weight excluding hydrogens is 202 g/mol. The molecule has 84 valence electrons. The number of aryl methyl sites for hydroxylation is 1. The van der Waals surface area contributed by atoms with E-state index in [9.17, 15) is 4.79 Å². The van der Waals surface area contributed by atoms with E-state index < -0.39 is 0 Å². The lowest BCUT2D eigenvalue weighted by molar-refractivity contribution is -0.117. The summed E-state index contributed by atoms with van der Waals surface area (Å²) in [6.07, 6.45) is 0.260. The van der Waals surface area contributed by atoms with Gasteiger partial charge in [0.2, 0.25) is 5.91 Å². The van der Waals surface area contributed by atoms with Crippen molar-refractivity contribution in [3.63, 3.8) is 0 Å². The highest BCUT2D eigenvalue weighted by Crippen LogP contribution is 2.15. The van der Waals surface area contributed by atoms with Crippen LogP contribution in [0.1, 0.15) is 12.0 Å². The molecular formula is C12H15N3O. The van der Waals surface area contributed by atoms with Crippen molar-refractivity contribution in [1.82, 2.24) is 0 Å². The highest BCUT2D eigenvalue weighted by Gasteiger charge is 2.07. The van der Waals surface area contributed by atoms with Crippen molar-refractivity contribution in [2.24, 2.45) is 5.73 Å². The first-order valence-corrected chi connectivity index (χ1v) is 5.10. The maximum absolute atomic E-state index is 10.7. The van der Waals surface area contributed by atoms with Gasteiger partial charge in [0, 0.05) is 18.7 Å². The first-order valence-electron chi connectivity index (χ1n) is 5.10. The van der Waals surface area contributed by atoms with E-state index in [4.69, 9.17) is 11.0 Å². The fourth-order valence-electron chi connectivity index (χ4n) is 1.45. The maximum Gasteiger partial charge on any atom is 0.219 e. The molecule has 0 aliphatic rings. The van der Waals surface area contributed by atoms with E-state index in [0.29, 0.717) is 6.54 Å². The van der Waals surface area contributed by atoms with Crippen LogP contribution in [0.3, 0.4) is 0 Å². The van der Waals surface area contributed by atoms with Gasteiger partial charge in [-0.3, -0.25) is 4.79 Å². The molecule has 1 aromatic rings. The second-order valence-electron chi connectivity index (χ2n) is 3.63. The van der Waals surface area contributed by atoms with Crippen LogP contribution in [0.2, 0.25) is 0 Å². The highest BCUT2D eigenvalue weighted by atomic mass is 16.1. The summed E-state index contributed by atoms with van der Waals surface area (Å²) in [5.74, 6) is -0.351. The number of carbonyl (C=O) groups is 1. The molecule has 1 rings (SSSR count). The minimum Gasteiger partial charge on any atom is -0.370 e. The van der Waals surface area contributed by atoms with Crippen molar-refractivity contribution in [3.8, 4) is 6.07 Å². The fraction of sp³-hybridized carbons (Fsp3) is 0.333. The SMILES string of the molecule is Cc1cccc(N(CC#N)CCC(N)=O)c1. The van der Waals surface area contributed by atoms with Gasteiger partial charge in [0.05, 0.1) is 6.07 Å². The van der Waals surface area contributed by atoms with Gasteiger partial charge in [0.15, 0.2) is 0 Å². The second kappa shape index (κ2) is 5.76. The zero-order valence-electron chi connectivity index (χ0n) is 9.31. The predicted molar refractivity (Wildman–Crippen MR) is 62.8 cm³/mol. The summed E-state index contributed by atoms with van der Waals surface area (Å²) < 4.78 is 0.